The fraction of sp³-hybridized carbons (Fsp3) is 0.615. The lowest BCUT2D eigenvalue weighted by Gasteiger charge is -2.23. The van der Waals surface area contributed by atoms with Gasteiger partial charge in [0, 0.05) is 17.8 Å². The Labute approximate surface area is 102 Å². The number of hydrogen-bond donors (Lipinski definition) is 2. The molecule has 1 fully saturated rings. The lowest BCUT2D eigenvalue weighted by atomic mass is 9.93. The molecule has 0 spiro atoms. The predicted octanol–water partition coefficient (Wildman–Crippen LogP) is 1.57. The van der Waals surface area contributed by atoms with Crippen LogP contribution in [0.3, 0.4) is 0 Å². The zero-order valence-corrected chi connectivity index (χ0v) is 10.4. The molecule has 0 aromatic carbocycles. The van der Waals surface area contributed by atoms with E-state index >= 15 is 0 Å². The monoisotopic (exact) mass is 236 g/mol. The van der Waals surface area contributed by atoms with Gasteiger partial charge >= 0.3 is 0 Å². The van der Waals surface area contributed by atoms with E-state index in [4.69, 9.17) is 10.5 Å². The number of nitrogens with two attached hydrogens (primary N) is 1. The first-order valence-electron chi connectivity index (χ1n) is 6.10. The van der Waals surface area contributed by atoms with E-state index in [9.17, 15) is 5.11 Å². The van der Waals surface area contributed by atoms with Crippen LogP contribution in [0.4, 0.5) is 0 Å². The normalized spacial score (nSPS) is 28.6. The van der Waals surface area contributed by atoms with Gasteiger partial charge in [-0.1, -0.05) is 0 Å². The van der Waals surface area contributed by atoms with Crippen molar-refractivity contribution in [3.8, 4) is 5.75 Å². The molecule has 0 saturated heterocycles. The first-order valence-corrected chi connectivity index (χ1v) is 6.10. The summed E-state index contributed by atoms with van der Waals surface area (Å²) < 4.78 is 5.58. The molecule has 0 bridgehead atoms. The van der Waals surface area contributed by atoms with Gasteiger partial charge in [0.1, 0.15) is 5.75 Å². The Balaban J connectivity index is 2.21. The van der Waals surface area contributed by atoms with Crippen molar-refractivity contribution in [1.82, 2.24) is 4.98 Å². The van der Waals surface area contributed by atoms with Gasteiger partial charge in [0.25, 0.3) is 0 Å². The van der Waals surface area contributed by atoms with Gasteiger partial charge in [-0.05, 0) is 39.2 Å². The fourth-order valence-electron chi connectivity index (χ4n) is 2.33. The maximum atomic E-state index is 10.5. The van der Waals surface area contributed by atoms with E-state index in [0.29, 0.717) is 18.6 Å². The average molecular weight is 236 g/mol. The second kappa shape index (κ2) is 4.63. The average Bonchev–Trinajstić information content (AvgIpc) is 2.59. The van der Waals surface area contributed by atoms with Gasteiger partial charge in [0.2, 0.25) is 0 Å². The second-order valence-electron chi connectivity index (χ2n) is 5.11. The summed E-state index contributed by atoms with van der Waals surface area (Å²) in [6, 6.07) is 1.94. The number of rotatable bonds is 3. The Hall–Kier alpha value is -1.13. The first-order chi connectivity index (χ1) is 7.99. The van der Waals surface area contributed by atoms with Gasteiger partial charge in [-0.3, -0.25) is 4.98 Å². The standard InChI is InChI=1S/C13H20N2O2/c1-9(2)17-12-5-10(7-15-8-12)13(16)4-3-11(14)6-13/h5,7-9,11,16H,3-4,6,14H2,1-2H3. The van der Waals surface area contributed by atoms with E-state index in [1.807, 2.05) is 19.9 Å². The minimum absolute atomic E-state index is 0.0784. The molecule has 1 saturated carbocycles. The molecule has 2 rings (SSSR count). The quantitative estimate of drug-likeness (QED) is 0.835. The van der Waals surface area contributed by atoms with Gasteiger partial charge in [0.15, 0.2) is 0 Å². The molecule has 94 valence electrons. The third kappa shape index (κ3) is 2.76. The van der Waals surface area contributed by atoms with Crippen LogP contribution in [-0.2, 0) is 5.60 Å². The van der Waals surface area contributed by atoms with Crippen molar-refractivity contribution in [2.24, 2.45) is 5.73 Å². The maximum Gasteiger partial charge on any atom is 0.138 e. The molecule has 0 amide bonds. The summed E-state index contributed by atoms with van der Waals surface area (Å²) in [5.41, 5.74) is 5.83. The summed E-state index contributed by atoms with van der Waals surface area (Å²) in [4.78, 5) is 4.13. The lowest BCUT2D eigenvalue weighted by Crippen LogP contribution is -2.25. The molecule has 1 aliphatic rings. The van der Waals surface area contributed by atoms with Crippen LogP contribution in [-0.4, -0.2) is 22.2 Å². The van der Waals surface area contributed by atoms with Crippen molar-refractivity contribution in [2.75, 3.05) is 0 Å². The molecular weight excluding hydrogens is 216 g/mol. The lowest BCUT2D eigenvalue weighted by molar-refractivity contribution is 0.0423. The largest absolute Gasteiger partial charge is 0.489 e. The van der Waals surface area contributed by atoms with Crippen LogP contribution >= 0.6 is 0 Å². The summed E-state index contributed by atoms with van der Waals surface area (Å²) in [5.74, 6) is 0.700. The smallest absolute Gasteiger partial charge is 0.138 e. The number of aromatic nitrogens is 1. The number of ether oxygens (including phenoxy) is 1. The van der Waals surface area contributed by atoms with Crippen LogP contribution < -0.4 is 10.5 Å². The Morgan fingerprint density at radius 3 is 2.88 bits per heavy atom. The van der Waals surface area contributed by atoms with E-state index in [0.717, 1.165) is 12.0 Å². The van der Waals surface area contributed by atoms with E-state index < -0.39 is 5.60 Å². The van der Waals surface area contributed by atoms with E-state index in [1.165, 1.54) is 0 Å². The molecule has 0 aliphatic heterocycles. The maximum absolute atomic E-state index is 10.5. The molecule has 1 aromatic heterocycles. The molecule has 2 atom stereocenters. The van der Waals surface area contributed by atoms with Gasteiger partial charge in [-0.15, -0.1) is 0 Å². The highest BCUT2D eigenvalue weighted by atomic mass is 16.5. The molecular formula is C13H20N2O2. The van der Waals surface area contributed by atoms with Crippen LogP contribution in [0.25, 0.3) is 0 Å². The zero-order chi connectivity index (χ0) is 12.5. The molecule has 1 aliphatic carbocycles. The van der Waals surface area contributed by atoms with Crippen molar-refractivity contribution in [2.45, 2.75) is 50.9 Å². The third-order valence-electron chi connectivity index (χ3n) is 3.15. The molecule has 2 unspecified atom stereocenters. The number of aliphatic hydroxyl groups is 1. The van der Waals surface area contributed by atoms with Crippen molar-refractivity contribution in [1.29, 1.82) is 0 Å². The summed E-state index contributed by atoms with van der Waals surface area (Å²) in [5, 5.41) is 10.5. The number of hydrogen-bond acceptors (Lipinski definition) is 4. The zero-order valence-electron chi connectivity index (χ0n) is 10.4. The highest BCUT2D eigenvalue weighted by Gasteiger charge is 2.37. The number of pyridine rings is 1. The minimum Gasteiger partial charge on any atom is -0.489 e. The van der Waals surface area contributed by atoms with Crippen LogP contribution in [0.2, 0.25) is 0 Å². The highest BCUT2D eigenvalue weighted by molar-refractivity contribution is 5.29. The van der Waals surface area contributed by atoms with Gasteiger partial charge in [-0.2, -0.15) is 0 Å². The van der Waals surface area contributed by atoms with E-state index in [2.05, 4.69) is 4.98 Å². The van der Waals surface area contributed by atoms with E-state index in [-0.39, 0.29) is 12.1 Å². The molecule has 3 N–H and O–H groups in total. The summed E-state index contributed by atoms with van der Waals surface area (Å²) in [6.45, 7) is 3.93. The molecule has 1 heterocycles. The molecule has 4 nitrogen and oxygen atoms in total. The van der Waals surface area contributed by atoms with Gasteiger partial charge in [-0.25, -0.2) is 0 Å². The fourth-order valence-corrected chi connectivity index (χ4v) is 2.33. The van der Waals surface area contributed by atoms with Crippen molar-refractivity contribution in [3.63, 3.8) is 0 Å². The Kier molecular flexibility index (Phi) is 3.35. The molecule has 4 heteroatoms. The van der Waals surface area contributed by atoms with Crippen molar-refractivity contribution in [3.05, 3.63) is 24.0 Å². The second-order valence-corrected chi connectivity index (χ2v) is 5.11. The van der Waals surface area contributed by atoms with Crippen LogP contribution in [0.5, 0.6) is 5.75 Å². The van der Waals surface area contributed by atoms with Crippen molar-refractivity contribution < 1.29 is 9.84 Å². The van der Waals surface area contributed by atoms with Crippen LogP contribution in [0.15, 0.2) is 18.5 Å². The molecule has 0 radical (unpaired) electrons. The Morgan fingerprint density at radius 1 is 1.53 bits per heavy atom. The summed E-state index contributed by atoms with van der Waals surface area (Å²) in [6.07, 6.45) is 5.62. The van der Waals surface area contributed by atoms with Crippen molar-refractivity contribution >= 4 is 0 Å². The topological polar surface area (TPSA) is 68.4 Å². The van der Waals surface area contributed by atoms with Gasteiger partial charge < -0.3 is 15.6 Å². The van der Waals surface area contributed by atoms with Gasteiger partial charge in [0.05, 0.1) is 17.9 Å². The highest BCUT2D eigenvalue weighted by Crippen LogP contribution is 2.38. The molecule has 1 aromatic rings. The summed E-state index contributed by atoms with van der Waals surface area (Å²) >= 11 is 0. The van der Waals surface area contributed by atoms with Crippen LogP contribution in [0, 0.1) is 0 Å². The minimum atomic E-state index is -0.831. The molecule has 17 heavy (non-hydrogen) atoms. The third-order valence-corrected chi connectivity index (χ3v) is 3.15. The number of nitrogens with zero attached hydrogens (tertiary/aromatic N) is 1. The SMILES string of the molecule is CC(C)Oc1cncc(C2(O)CCC(N)C2)c1. The Bertz CT molecular complexity index is 395. The predicted molar refractivity (Wildman–Crippen MR) is 65.7 cm³/mol. The summed E-state index contributed by atoms with van der Waals surface area (Å²) in [7, 11) is 0. The van der Waals surface area contributed by atoms with Crippen LogP contribution in [0.1, 0.15) is 38.7 Å². The van der Waals surface area contributed by atoms with E-state index in [1.54, 1.807) is 12.4 Å². The first kappa shape index (κ1) is 12.3. The Morgan fingerprint density at radius 2 is 2.29 bits per heavy atom.